The van der Waals surface area contributed by atoms with E-state index in [-0.39, 0.29) is 23.9 Å². The molecule has 0 saturated carbocycles. The minimum atomic E-state index is -0.149. The topological polar surface area (TPSA) is 73.0 Å². The molecule has 4 rings (SSSR count). The van der Waals surface area contributed by atoms with Gasteiger partial charge in [0.2, 0.25) is 5.91 Å². The van der Waals surface area contributed by atoms with Gasteiger partial charge in [-0.15, -0.1) is 0 Å². The van der Waals surface area contributed by atoms with Gasteiger partial charge in [-0.25, -0.2) is 9.67 Å². The number of benzene rings is 1. The molecule has 1 atom stereocenters. The van der Waals surface area contributed by atoms with Crippen molar-refractivity contribution < 1.29 is 4.79 Å². The molecule has 3 heterocycles. The van der Waals surface area contributed by atoms with E-state index in [9.17, 15) is 9.59 Å². The van der Waals surface area contributed by atoms with Gasteiger partial charge in [0.05, 0.1) is 12.6 Å². The zero-order valence-electron chi connectivity index (χ0n) is 15.2. The number of pyridine rings is 1. The number of nitrogens with zero attached hydrogens (tertiary/aromatic N) is 5. The molecule has 7 nitrogen and oxygen atoms in total. The highest BCUT2D eigenvalue weighted by atomic mass is 16.2. The van der Waals surface area contributed by atoms with Gasteiger partial charge >= 0.3 is 0 Å². The number of hydrogen-bond acceptors (Lipinski definition) is 4. The van der Waals surface area contributed by atoms with Crippen LogP contribution < -0.4 is 5.56 Å². The Labute approximate surface area is 156 Å². The average molecular weight is 363 g/mol. The van der Waals surface area contributed by atoms with Crippen LogP contribution >= 0.6 is 0 Å². The molecule has 0 fully saturated rings. The minimum absolute atomic E-state index is 0.0220. The van der Waals surface area contributed by atoms with Crippen molar-refractivity contribution in [2.24, 2.45) is 0 Å². The maximum atomic E-state index is 12.7. The first-order valence-electron chi connectivity index (χ1n) is 9.08. The number of fused-ring (bicyclic) bond motifs is 1. The lowest BCUT2D eigenvalue weighted by Gasteiger charge is -2.33. The summed E-state index contributed by atoms with van der Waals surface area (Å²) in [7, 11) is 0. The largest absolute Gasteiger partial charge is 0.331 e. The fourth-order valence-electron chi connectivity index (χ4n) is 3.42. The van der Waals surface area contributed by atoms with Gasteiger partial charge in [0.15, 0.2) is 5.82 Å². The predicted octanol–water partition coefficient (Wildman–Crippen LogP) is 2.10. The van der Waals surface area contributed by atoms with Crippen LogP contribution in [0.25, 0.3) is 11.4 Å². The molecule has 1 aliphatic rings. The fraction of sp³-hybridized carbons (Fsp3) is 0.300. The Balaban J connectivity index is 1.49. The number of aromatic nitrogens is 4. The van der Waals surface area contributed by atoms with Crippen molar-refractivity contribution in [3.63, 3.8) is 0 Å². The Bertz CT molecular complexity index is 1010. The van der Waals surface area contributed by atoms with E-state index in [1.807, 2.05) is 46.8 Å². The maximum Gasteiger partial charge on any atom is 0.250 e. The molecule has 0 radical (unpaired) electrons. The smallest absolute Gasteiger partial charge is 0.250 e. The summed E-state index contributed by atoms with van der Waals surface area (Å²) in [4.78, 5) is 31.0. The second kappa shape index (κ2) is 7.19. The molecule has 2 aromatic heterocycles. The summed E-state index contributed by atoms with van der Waals surface area (Å²) in [5.74, 6) is 1.50. The molecule has 0 N–H and O–H groups in total. The normalized spacial score (nSPS) is 16.2. The molecular weight excluding hydrogens is 342 g/mol. The summed E-state index contributed by atoms with van der Waals surface area (Å²) in [5, 5.41) is 4.59. The van der Waals surface area contributed by atoms with E-state index in [0.717, 1.165) is 11.4 Å². The SMILES string of the molecule is C[C@H]1c2nc(-c3ccccc3)nn2CCN1C(=O)CCn1ccccc1=O. The van der Waals surface area contributed by atoms with Gasteiger partial charge in [0.1, 0.15) is 5.82 Å². The predicted molar refractivity (Wildman–Crippen MR) is 101 cm³/mol. The third-order valence-electron chi connectivity index (χ3n) is 4.91. The number of aryl methyl sites for hydroxylation is 1. The van der Waals surface area contributed by atoms with Gasteiger partial charge in [0, 0.05) is 37.3 Å². The lowest BCUT2D eigenvalue weighted by Crippen LogP contribution is -2.42. The highest BCUT2D eigenvalue weighted by molar-refractivity contribution is 5.76. The molecule has 27 heavy (non-hydrogen) atoms. The summed E-state index contributed by atoms with van der Waals surface area (Å²) in [6, 6.07) is 14.7. The Morgan fingerprint density at radius 3 is 2.67 bits per heavy atom. The van der Waals surface area contributed by atoms with E-state index in [4.69, 9.17) is 0 Å². The minimum Gasteiger partial charge on any atom is -0.331 e. The van der Waals surface area contributed by atoms with Crippen molar-refractivity contribution in [2.45, 2.75) is 32.5 Å². The van der Waals surface area contributed by atoms with Crippen LogP contribution in [0.4, 0.5) is 0 Å². The van der Waals surface area contributed by atoms with Crippen molar-refractivity contribution in [3.05, 3.63) is 70.9 Å². The van der Waals surface area contributed by atoms with Crippen LogP contribution in [0.3, 0.4) is 0 Å². The first-order valence-corrected chi connectivity index (χ1v) is 9.08. The van der Waals surface area contributed by atoms with E-state index in [1.54, 1.807) is 22.9 Å². The molecule has 0 spiro atoms. The molecule has 1 aromatic carbocycles. The van der Waals surface area contributed by atoms with Gasteiger partial charge in [-0.1, -0.05) is 36.4 Å². The first-order chi connectivity index (χ1) is 13.1. The summed E-state index contributed by atoms with van der Waals surface area (Å²) in [5.41, 5.74) is 0.872. The van der Waals surface area contributed by atoms with Crippen LogP contribution in [0.2, 0.25) is 0 Å². The third kappa shape index (κ3) is 3.40. The molecule has 0 aliphatic carbocycles. The van der Waals surface area contributed by atoms with E-state index in [1.165, 1.54) is 6.07 Å². The molecular formula is C20H21N5O2. The molecule has 138 valence electrons. The highest BCUT2D eigenvalue weighted by Crippen LogP contribution is 2.26. The standard InChI is InChI=1S/C20H21N5O2/c1-15-20-21-19(16-7-3-2-4-8-16)22-25(20)14-13-24(15)18(27)10-12-23-11-6-5-9-17(23)26/h2-9,11,15H,10,12-14H2,1H3/t15-/m0/s1. The fourth-order valence-corrected chi connectivity index (χ4v) is 3.42. The van der Waals surface area contributed by atoms with E-state index >= 15 is 0 Å². The quantitative estimate of drug-likeness (QED) is 0.712. The summed E-state index contributed by atoms with van der Waals surface area (Å²) < 4.78 is 3.45. The summed E-state index contributed by atoms with van der Waals surface area (Å²) >= 11 is 0. The maximum absolute atomic E-state index is 12.7. The molecule has 1 amide bonds. The third-order valence-corrected chi connectivity index (χ3v) is 4.91. The second-order valence-electron chi connectivity index (χ2n) is 6.63. The van der Waals surface area contributed by atoms with E-state index < -0.39 is 0 Å². The van der Waals surface area contributed by atoms with Crippen LogP contribution in [0, 0.1) is 0 Å². The summed E-state index contributed by atoms with van der Waals surface area (Å²) in [6.07, 6.45) is 1.99. The van der Waals surface area contributed by atoms with Gasteiger partial charge in [-0.3, -0.25) is 9.59 Å². The zero-order chi connectivity index (χ0) is 18.8. The lowest BCUT2D eigenvalue weighted by molar-refractivity contribution is -0.134. The Hall–Kier alpha value is -3.22. The van der Waals surface area contributed by atoms with Crippen LogP contribution in [0.15, 0.2) is 59.5 Å². The number of hydrogen-bond donors (Lipinski definition) is 0. The zero-order valence-corrected chi connectivity index (χ0v) is 15.2. The van der Waals surface area contributed by atoms with Crippen molar-refractivity contribution >= 4 is 5.91 Å². The molecule has 3 aromatic rings. The molecule has 0 bridgehead atoms. The van der Waals surface area contributed by atoms with Gasteiger partial charge < -0.3 is 9.47 Å². The first kappa shape index (κ1) is 17.2. The molecule has 0 saturated heterocycles. The van der Waals surface area contributed by atoms with Crippen molar-refractivity contribution in [1.29, 1.82) is 0 Å². The van der Waals surface area contributed by atoms with Crippen LogP contribution in [0.1, 0.15) is 25.2 Å². The van der Waals surface area contributed by atoms with Gasteiger partial charge in [0.25, 0.3) is 5.56 Å². The monoisotopic (exact) mass is 363 g/mol. The molecule has 0 unspecified atom stereocenters. The highest BCUT2D eigenvalue weighted by Gasteiger charge is 2.30. The number of amides is 1. The van der Waals surface area contributed by atoms with Gasteiger partial charge in [-0.05, 0) is 13.0 Å². The Morgan fingerprint density at radius 1 is 1.11 bits per heavy atom. The van der Waals surface area contributed by atoms with Crippen molar-refractivity contribution in [3.8, 4) is 11.4 Å². The Kier molecular flexibility index (Phi) is 4.58. The van der Waals surface area contributed by atoms with Crippen LogP contribution in [-0.4, -0.2) is 36.7 Å². The number of carbonyl (C=O) groups excluding carboxylic acids is 1. The average Bonchev–Trinajstić information content (AvgIpc) is 3.13. The van der Waals surface area contributed by atoms with Crippen LogP contribution in [0.5, 0.6) is 0 Å². The van der Waals surface area contributed by atoms with Crippen LogP contribution in [-0.2, 0) is 17.9 Å². The number of rotatable bonds is 4. The Morgan fingerprint density at radius 2 is 1.89 bits per heavy atom. The molecule has 1 aliphatic heterocycles. The van der Waals surface area contributed by atoms with E-state index in [0.29, 0.717) is 25.5 Å². The molecule has 7 heteroatoms. The summed E-state index contributed by atoms with van der Waals surface area (Å²) in [6.45, 7) is 3.57. The van der Waals surface area contributed by atoms with Crippen molar-refractivity contribution in [1.82, 2.24) is 24.2 Å². The van der Waals surface area contributed by atoms with E-state index in [2.05, 4.69) is 10.1 Å². The van der Waals surface area contributed by atoms with Crippen molar-refractivity contribution in [2.75, 3.05) is 6.54 Å². The lowest BCUT2D eigenvalue weighted by atomic mass is 10.2. The second-order valence-corrected chi connectivity index (χ2v) is 6.63. The van der Waals surface area contributed by atoms with Gasteiger partial charge in [-0.2, -0.15) is 5.10 Å². The number of carbonyl (C=O) groups is 1.